The lowest BCUT2D eigenvalue weighted by atomic mass is 9.95. The average molecular weight is 568 g/mol. The van der Waals surface area contributed by atoms with Gasteiger partial charge in [-0.05, 0) is 64.2 Å². The third-order valence-electron chi connectivity index (χ3n) is 7.21. The van der Waals surface area contributed by atoms with E-state index >= 15 is 0 Å². The minimum Gasteiger partial charge on any atom is -0.508 e. The molecule has 0 aliphatic carbocycles. The molecular weight excluding hydrogens is 518 g/mol. The second-order valence-electron chi connectivity index (χ2n) is 11.8. The van der Waals surface area contributed by atoms with Crippen LogP contribution in [-0.2, 0) is 14.3 Å². The predicted molar refractivity (Wildman–Crippen MR) is 164 cm³/mol. The van der Waals surface area contributed by atoms with E-state index in [2.05, 4.69) is 17.6 Å². The van der Waals surface area contributed by atoms with E-state index in [1.807, 2.05) is 45.9 Å². The standard InChI is InChI=1S/C33H49N3O5/c1-9-11-12-15-21-36(31(39)28(22(3)10-2)35-32(40)41-33(6,7)8)29(25-19-13-14-20-26(25)37)30(38)34-27-23(4)17-16-18-24(27)5/h13-14,16-20,22,28-29,37H,9-12,15,21H2,1-8H3,(H,34,38)(H,35,40). The number of anilines is 1. The van der Waals surface area contributed by atoms with Crippen LogP contribution >= 0.6 is 0 Å². The third-order valence-corrected chi connectivity index (χ3v) is 7.21. The molecule has 0 aliphatic rings. The molecule has 0 spiro atoms. The van der Waals surface area contributed by atoms with Gasteiger partial charge < -0.3 is 25.4 Å². The number of aryl methyl sites for hydroxylation is 2. The number of phenolic OH excluding ortho intramolecular Hbond substituents is 1. The maximum absolute atomic E-state index is 14.4. The molecule has 0 saturated heterocycles. The van der Waals surface area contributed by atoms with Crippen LogP contribution in [0.1, 0.15) is 96.4 Å². The van der Waals surface area contributed by atoms with Crippen LogP contribution in [-0.4, -0.2) is 46.1 Å². The Kier molecular flexibility index (Phi) is 12.7. The number of para-hydroxylation sites is 2. The number of ether oxygens (including phenoxy) is 1. The van der Waals surface area contributed by atoms with Crippen molar-refractivity contribution in [2.24, 2.45) is 5.92 Å². The summed E-state index contributed by atoms with van der Waals surface area (Å²) in [6.45, 7) is 15.3. The summed E-state index contributed by atoms with van der Waals surface area (Å²) >= 11 is 0. The van der Waals surface area contributed by atoms with Crippen molar-refractivity contribution in [2.45, 2.75) is 105 Å². The van der Waals surface area contributed by atoms with Crippen molar-refractivity contribution in [3.05, 3.63) is 59.2 Å². The van der Waals surface area contributed by atoms with Crippen LogP contribution in [0.4, 0.5) is 10.5 Å². The number of phenols is 1. The number of carbonyl (C=O) groups excluding carboxylic acids is 3. The van der Waals surface area contributed by atoms with Gasteiger partial charge in [0.1, 0.15) is 23.4 Å². The van der Waals surface area contributed by atoms with Crippen LogP contribution in [0.25, 0.3) is 0 Å². The van der Waals surface area contributed by atoms with E-state index < -0.39 is 35.6 Å². The van der Waals surface area contributed by atoms with Crippen molar-refractivity contribution in [1.29, 1.82) is 0 Å². The largest absolute Gasteiger partial charge is 0.508 e. The van der Waals surface area contributed by atoms with E-state index in [0.29, 0.717) is 24.1 Å². The first-order valence-electron chi connectivity index (χ1n) is 14.8. The minimum absolute atomic E-state index is 0.0827. The van der Waals surface area contributed by atoms with Gasteiger partial charge in [-0.2, -0.15) is 0 Å². The van der Waals surface area contributed by atoms with Gasteiger partial charge in [0.25, 0.3) is 5.91 Å². The zero-order valence-corrected chi connectivity index (χ0v) is 26.0. The molecule has 0 radical (unpaired) electrons. The summed E-state index contributed by atoms with van der Waals surface area (Å²) in [6, 6.07) is 10.3. The second kappa shape index (κ2) is 15.5. The van der Waals surface area contributed by atoms with Gasteiger partial charge in [-0.25, -0.2) is 4.79 Å². The first kappa shape index (κ1) is 33.7. The maximum atomic E-state index is 14.4. The summed E-state index contributed by atoms with van der Waals surface area (Å²) in [4.78, 5) is 42.9. The fourth-order valence-electron chi connectivity index (χ4n) is 4.74. The SMILES string of the molecule is CCCCCCN(C(=O)C(NC(=O)OC(C)(C)C)C(C)CC)C(C(=O)Nc1c(C)cccc1C)c1ccccc1O. The van der Waals surface area contributed by atoms with Gasteiger partial charge in [0.2, 0.25) is 5.91 Å². The third kappa shape index (κ3) is 9.80. The van der Waals surface area contributed by atoms with Crippen molar-refractivity contribution in [3.63, 3.8) is 0 Å². The molecule has 0 aromatic heterocycles. The fourth-order valence-corrected chi connectivity index (χ4v) is 4.74. The number of nitrogens with zero attached hydrogens (tertiary/aromatic N) is 1. The zero-order chi connectivity index (χ0) is 30.7. The van der Waals surface area contributed by atoms with Gasteiger partial charge in [0, 0.05) is 17.8 Å². The van der Waals surface area contributed by atoms with E-state index in [0.717, 1.165) is 30.4 Å². The molecule has 2 rings (SSSR count). The van der Waals surface area contributed by atoms with Gasteiger partial charge in [-0.3, -0.25) is 9.59 Å². The molecule has 3 amide bonds. The highest BCUT2D eigenvalue weighted by atomic mass is 16.6. The van der Waals surface area contributed by atoms with Crippen molar-refractivity contribution in [2.75, 3.05) is 11.9 Å². The Morgan fingerprint density at radius 3 is 2.15 bits per heavy atom. The molecule has 0 saturated carbocycles. The molecule has 0 bridgehead atoms. The summed E-state index contributed by atoms with van der Waals surface area (Å²) in [6.07, 6.45) is 3.47. The topological polar surface area (TPSA) is 108 Å². The number of unbranched alkanes of at least 4 members (excludes halogenated alkanes) is 3. The molecule has 2 aromatic rings. The summed E-state index contributed by atoms with van der Waals surface area (Å²) in [5, 5.41) is 16.7. The highest BCUT2D eigenvalue weighted by Gasteiger charge is 2.39. The van der Waals surface area contributed by atoms with Crippen LogP contribution in [0.15, 0.2) is 42.5 Å². The number of hydrogen-bond donors (Lipinski definition) is 3. The molecule has 0 heterocycles. The summed E-state index contributed by atoms with van der Waals surface area (Å²) in [7, 11) is 0. The fraction of sp³-hybridized carbons (Fsp3) is 0.545. The second-order valence-corrected chi connectivity index (χ2v) is 11.8. The smallest absolute Gasteiger partial charge is 0.408 e. The van der Waals surface area contributed by atoms with Crippen molar-refractivity contribution < 1.29 is 24.2 Å². The predicted octanol–water partition coefficient (Wildman–Crippen LogP) is 7.04. The Morgan fingerprint density at radius 1 is 0.951 bits per heavy atom. The van der Waals surface area contributed by atoms with Gasteiger partial charge in [0.05, 0.1) is 0 Å². The number of carbonyl (C=O) groups is 3. The first-order chi connectivity index (χ1) is 19.3. The monoisotopic (exact) mass is 567 g/mol. The van der Waals surface area contributed by atoms with Gasteiger partial charge in [-0.15, -0.1) is 0 Å². The van der Waals surface area contributed by atoms with Crippen LogP contribution in [0, 0.1) is 19.8 Å². The average Bonchev–Trinajstić information content (AvgIpc) is 2.90. The summed E-state index contributed by atoms with van der Waals surface area (Å²) < 4.78 is 5.48. The number of aromatic hydroxyl groups is 1. The molecule has 2 aromatic carbocycles. The number of alkyl carbamates (subject to hydrolysis) is 1. The van der Waals surface area contributed by atoms with E-state index in [1.54, 1.807) is 39.0 Å². The normalized spacial score (nSPS) is 13.6. The van der Waals surface area contributed by atoms with E-state index in [-0.39, 0.29) is 18.2 Å². The Balaban J connectivity index is 2.61. The zero-order valence-electron chi connectivity index (χ0n) is 26.0. The number of hydrogen-bond acceptors (Lipinski definition) is 5. The quantitative estimate of drug-likeness (QED) is 0.225. The molecule has 0 fully saturated rings. The van der Waals surface area contributed by atoms with Crippen LogP contribution in [0.2, 0.25) is 0 Å². The number of benzene rings is 2. The van der Waals surface area contributed by atoms with E-state index in [9.17, 15) is 19.5 Å². The van der Waals surface area contributed by atoms with Crippen molar-refractivity contribution in [3.8, 4) is 5.75 Å². The molecule has 8 heteroatoms. The van der Waals surface area contributed by atoms with Crippen LogP contribution in [0.3, 0.4) is 0 Å². The Labute approximate surface area is 245 Å². The molecule has 3 N–H and O–H groups in total. The first-order valence-corrected chi connectivity index (χ1v) is 14.8. The molecule has 0 aliphatic heterocycles. The van der Waals surface area contributed by atoms with Crippen LogP contribution < -0.4 is 10.6 Å². The minimum atomic E-state index is -1.13. The lowest BCUT2D eigenvalue weighted by Gasteiger charge is -2.36. The van der Waals surface area contributed by atoms with Crippen molar-refractivity contribution >= 4 is 23.6 Å². The van der Waals surface area contributed by atoms with E-state index in [1.165, 1.54) is 11.0 Å². The lowest BCUT2D eigenvalue weighted by Crippen LogP contribution is -2.55. The van der Waals surface area contributed by atoms with Gasteiger partial charge in [-0.1, -0.05) is 82.9 Å². The summed E-state index contributed by atoms with van der Waals surface area (Å²) in [5.74, 6) is -1.15. The number of amides is 3. The van der Waals surface area contributed by atoms with E-state index in [4.69, 9.17) is 4.74 Å². The molecular formula is C33H49N3O5. The number of nitrogens with one attached hydrogen (secondary N) is 2. The Morgan fingerprint density at radius 2 is 1.59 bits per heavy atom. The maximum Gasteiger partial charge on any atom is 0.408 e. The van der Waals surface area contributed by atoms with Crippen LogP contribution in [0.5, 0.6) is 5.75 Å². The Bertz CT molecular complexity index is 1150. The van der Waals surface area contributed by atoms with Gasteiger partial charge >= 0.3 is 6.09 Å². The molecule has 226 valence electrons. The lowest BCUT2D eigenvalue weighted by molar-refractivity contribution is -0.142. The van der Waals surface area contributed by atoms with Gasteiger partial charge in [0.15, 0.2) is 0 Å². The molecule has 3 unspecified atom stereocenters. The highest BCUT2D eigenvalue weighted by Crippen LogP contribution is 2.33. The number of rotatable bonds is 13. The Hall–Kier alpha value is -3.55. The van der Waals surface area contributed by atoms with Crippen molar-refractivity contribution in [1.82, 2.24) is 10.2 Å². The summed E-state index contributed by atoms with van der Waals surface area (Å²) in [5.41, 5.74) is 2.02. The highest BCUT2D eigenvalue weighted by molar-refractivity contribution is 6.00. The molecule has 3 atom stereocenters. The molecule has 41 heavy (non-hydrogen) atoms. The molecule has 8 nitrogen and oxygen atoms in total.